The smallest absolute Gasteiger partial charge is 0.178 e. The van der Waals surface area contributed by atoms with E-state index >= 15 is 0 Å². The summed E-state index contributed by atoms with van der Waals surface area (Å²) in [6, 6.07) is 6.47. The lowest BCUT2D eigenvalue weighted by Gasteiger charge is -2.29. The van der Waals surface area contributed by atoms with Crippen LogP contribution >= 0.6 is 0 Å². The molecule has 2 N–H and O–H groups in total. The topological polar surface area (TPSA) is 90.0 Å². The van der Waals surface area contributed by atoms with Gasteiger partial charge in [-0.1, -0.05) is 6.07 Å². The second kappa shape index (κ2) is 7.52. The standard InChI is InChI=1S/C22H28N6O2/c1-13(2)28-22(24-14(3)26-28)18-12-27-8-9-30-20-10-15(4-5-17(20)21(27)25-18)16-6-7-23-11-19(16)29/h4-5,10,12-13,16,19,23,29H,6-9,11H2,1-3H3/t16-,19-/m1/s1. The second-order valence-electron chi connectivity index (χ2n) is 8.43. The second-order valence-corrected chi connectivity index (χ2v) is 8.43. The summed E-state index contributed by atoms with van der Waals surface area (Å²) in [5.41, 5.74) is 2.92. The molecule has 5 rings (SSSR count). The largest absolute Gasteiger partial charge is 0.491 e. The Kier molecular flexibility index (Phi) is 4.83. The van der Waals surface area contributed by atoms with Crippen LogP contribution in [0.15, 0.2) is 24.4 Å². The molecule has 2 aliphatic heterocycles. The molecule has 2 atom stereocenters. The maximum Gasteiger partial charge on any atom is 0.178 e. The highest BCUT2D eigenvalue weighted by Gasteiger charge is 2.27. The molecule has 0 saturated carbocycles. The third-order valence-electron chi connectivity index (χ3n) is 5.95. The highest BCUT2D eigenvalue weighted by Crippen LogP contribution is 2.37. The van der Waals surface area contributed by atoms with Crippen molar-refractivity contribution in [2.75, 3.05) is 19.7 Å². The van der Waals surface area contributed by atoms with Crippen LogP contribution in [0.5, 0.6) is 5.75 Å². The number of nitrogens with zero attached hydrogens (tertiary/aromatic N) is 5. The van der Waals surface area contributed by atoms with Crippen LogP contribution in [0, 0.1) is 6.92 Å². The Morgan fingerprint density at radius 2 is 2.10 bits per heavy atom. The highest BCUT2D eigenvalue weighted by molar-refractivity contribution is 5.69. The number of aromatic nitrogens is 5. The fourth-order valence-corrected chi connectivity index (χ4v) is 4.43. The fourth-order valence-electron chi connectivity index (χ4n) is 4.43. The molecule has 1 fully saturated rings. The van der Waals surface area contributed by atoms with Gasteiger partial charge in [-0.3, -0.25) is 0 Å². The first kappa shape index (κ1) is 19.3. The van der Waals surface area contributed by atoms with Crippen molar-refractivity contribution in [3.8, 4) is 28.7 Å². The van der Waals surface area contributed by atoms with Gasteiger partial charge >= 0.3 is 0 Å². The van der Waals surface area contributed by atoms with E-state index in [1.54, 1.807) is 0 Å². The molecule has 0 bridgehead atoms. The van der Waals surface area contributed by atoms with E-state index in [0.717, 1.165) is 59.6 Å². The minimum absolute atomic E-state index is 0.131. The molecule has 4 heterocycles. The van der Waals surface area contributed by atoms with E-state index in [0.29, 0.717) is 13.2 Å². The average molecular weight is 409 g/mol. The van der Waals surface area contributed by atoms with Crippen LogP contribution in [0.4, 0.5) is 0 Å². The van der Waals surface area contributed by atoms with Gasteiger partial charge < -0.3 is 19.7 Å². The van der Waals surface area contributed by atoms with Crippen LogP contribution < -0.4 is 10.1 Å². The fraction of sp³-hybridized carbons (Fsp3) is 0.500. The van der Waals surface area contributed by atoms with Crippen molar-refractivity contribution in [3.05, 3.63) is 35.8 Å². The van der Waals surface area contributed by atoms with Crippen molar-refractivity contribution in [2.45, 2.75) is 51.8 Å². The summed E-state index contributed by atoms with van der Waals surface area (Å²) in [5, 5.41) is 18.2. The Balaban J connectivity index is 1.55. The molecule has 0 aliphatic carbocycles. The van der Waals surface area contributed by atoms with Gasteiger partial charge in [-0.2, -0.15) is 5.10 Å². The van der Waals surface area contributed by atoms with E-state index in [1.807, 2.05) is 17.8 Å². The number of imidazole rings is 1. The molecule has 1 saturated heterocycles. The normalized spacial score (nSPS) is 21.1. The minimum Gasteiger partial charge on any atom is -0.491 e. The zero-order valence-electron chi connectivity index (χ0n) is 17.7. The Labute approximate surface area is 175 Å². The summed E-state index contributed by atoms with van der Waals surface area (Å²) in [6.45, 7) is 8.94. The molecule has 3 aromatic rings. The van der Waals surface area contributed by atoms with E-state index in [-0.39, 0.29) is 18.1 Å². The van der Waals surface area contributed by atoms with Gasteiger partial charge in [-0.25, -0.2) is 14.6 Å². The number of β-amino-alcohol motifs (C(OH)–C–C–N with tert-alkyl or cyclic N) is 1. The van der Waals surface area contributed by atoms with E-state index in [9.17, 15) is 5.11 Å². The number of benzene rings is 1. The van der Waals surface area contributed by atoms with E-state index in [4.69, 9.17) is 9.72 Å². The SMILES string of the molecule is Cc1nc(-c2cn3c(n2)-c2ccc([C@H]4CCNC[C@H]4O)cc2OCC3)n(C(C)C)n1. The number of aliphatic hydroxyl groups is 1. The Morgan fingerprint density at radius 3 is 2.90 bits per heavy atom. The number of aryl methyl sites for hydroxylation is 1. The van der Waals surface area contributed by atoms with Crippen molar-refractivity contribution in [1.82, 2.24) is 29.6 Å². The van der Waals surface area contributed by atoms with Crippen molar-refractivity contribution < 1.29 is 9.84 Å². The van der Waals surface area contributed by atoms with Gasteiger partial charge in [0, 0.05) is 24.7 Å². The van der Waals surface area contributed by atoms with Crippen LogP contribution in [-0.2, 0) is 6.54 Å². The van der Waals surface area contributed by atoms with Crippen molar-refractivity contribution in [3.63, 3.8) is 0 Å². The van der Waals surface area contributed by atoms with Crippen molar-refractivity contribution in [2.24, 2.45) is 0 Å². The molecule has 30 heavy (non-hydrogen) atoms. The zero-order chi connectivity index (χ0) is 20.8. The van der Waals surface area contributed by atoms with Crippen LogP contribution in [0.2, 0.25) is 0 Å². The summed E-state index contributed by atoms with van der Waals surface area (Å²) in [6.07, 6.45) is 2.59. The van der Waals surface area contributed by atoms with Crippen LogP contribution in [-0.4, -0.2) is 55.2 Å². The molecule has 8 heteroatoms. The quantitative estimate of drug-likeness (QED) is 0.692. The monoisotopic (exact) mass is 408 g/mol. The van der Waals surface area contributed by atoms with Gasteiger partial charge in [-0.15, -0.1) is 0 Å². The van der Waals surface area contributed by atoms with Gasteiger partial charge in [0.1, 0.15) is 29.7 Å². The number of rotatable bonds is 3. The number of hydrogen-bond acceptors (Lipinski definition) is 6. The van der Waals surface area contributed by atoms with E-state index in [1.165, 1.54) is 0 Å². The van der Waals surface area contributed by atoms with Gasteiger partial charge in [0.15, 0.2) is 5.82 Å². The molecule has 0 radical (unpaired) electrons. The van der Waals surface area contributed by atoms with Gasteiger partial charge in [0.25, 0.3) is 0 Å². The molecule has 1 aromatic carbocycles. The lowest BCUT2D eigenvalue weighted by Crippen LogP contribution is -2.39. The van der Waals surface area contributed by atoms with Gasteiger partial charge in [-0.05, 0) is 51.4 Å². The Bertz CT molecular complexity index is 1070. The maximum absolute atomic E-state index is 10.4. The predicted molar refractivity (Wildman–Crippen MR) is 114 cm³/mol. The number of fused-ring (bicyclic) bond motifs is 3. The predicted octanol–water partition coefficient (Wildman–Crippen LogP) is 2.53. The molecule has 158 valence electrons. The molecular formula is C22H28N6O2. The third kappa shape index (κ3) is 3.30. The molecule has 0 amide bonds. The van der Waals surface area contributed by atoms with E-state index < -0.39 is 0 Å². The number of hydrogen-bond donors (Lipinski definition) is 2. The zero-order valence-corrected chi connectivity index (χ0v) is 17.7. The number of ether oxygens (including phenoxy) is 1. The summed E-state index contributed by atoms with van der Waals surface area (Å²) in [7, 11) is 0. The summed E-state index contributed by atoms with van der Waals surface area (Å²) < 4.78 is 10.1. The third-order valence-corrected chi connectivity index (χ3v) is 5.95. The lowest BCUT2D eigenvalue weighted by atomic mass is 9.87. The Morgan fingerprint density at radius 1 is 1.23 bits per heavy atom. The highest BCUT2D eigenvalue weighted by atomic mass is 16.5. The molecule has 2 aromatic heterocycles. The molecule has 0 spiro atoms. The van der Waals surface area contributed by atoms with Crippen molar-refractivity contribution >= 4 is 0 Å². The van der Waals surface area contributed by atoms with Crippen LogP contribution in [0.1, 0.15) is 43.6 Å². The lowest BCUT2D eigenvalue weighted by molar-refractivity contribution is 0.118. The number of aliphatic hydroxyl groups excluding tert-OH is 1. The first-order chi connectivity index (χ1) is 14.5. The van der Waals surface area contributed by atoms with Gasteiger partial charge in [0.2, 0.25) is 0 Å². The first-order valence-electron chi connectivity index (χ1n) is 10.7. The Hall–Kier alpha value is -2.71. The number of piperidine rings is 1. The minimum atomic E-state index is -0.373. The van der Waals surface area contributed by atoms with Crippen LogP contribution in [0.25, 0.3) is 22.9 Å². The summed E-state index contributed by atoms with van der Waals surface area (Å²) >= 11 is 0. The average Bonchev–Trinajstić information content (AvgIpc) is 3.28. The number of nitrogens with one attached hydrogen (secondary N) is 1. The molecule has 2 aliphatic rings. The van der Waals surface area contributed by atoms with E-state index in [2.05, 4.69) is 52.0 Å². The van der Waals surface area contributed by atoms with Gasteiger partial charge in [0.05, 0.1) is 18.2 Å². The molecule has 8 nitrogen and oxygen atoms in total. The van der Waals surface area contributed by atoms with Crippen LogP contribution in [0.3, 0.4) is 0 Å². The maximum atomic E-state index is 10.4. The van der Waals surface area contributed by atoms with Crippen molar-refractivity contribution in [1.29, 1.82) is 0 Å². The first-order valence-corrected chi connectivity index (χ1v) is 10.7. The summed E-state index contributed by atoms with van der Waals surface area (Å²) in [5.74, 6) is 3.38. The molecule has 0 unspecified atom stereocenters. The summed E-state index contributed by atoms with van der Waals surface area (Å²) in [4.78, 5) is 9.56. The molecular weight excluding hydrogens is 380 g/mol.